The van der Waals surface area contributed by atoms with Gasteiger partial charge < -0.3 is 10.5 Å². The topological polar surface area (TPSA) is 52.3 Å². The van der Waals surface area contributed by atoms with Crippen molar-refractivity contribution in [3.8, 4) is 0 Å². The fraction of sp³-hybridized carbons (Fsp3) is 0.0625. The van der Waals surface area contributed by atoms with Gasteiger partial charge in [-0.3, -0.25) is 0 Å². The van der Waals surface area contributed by atoms with E-state index in [-0.39, 0.29) is 0 Å². The Hall–Kier alpha value is -2.55. The van der Waals surface area contributed by atoms with Crippen LogP contribution in [0.1, 0.15) is 10.4 Å². The van der Waals surface area contributed by atoms with Gasteiger partial charge in [0.05, 0.1) is 18.4 Å². The summed E-state index contributed by atoms with van der Waals surface area (Å²) in [6.45, 7) is 0. The minimum absolute atomic E-state index is 0.403. The second-order valence-corrected chi connectivity index (χ2v) is 4.37. The van der Waals surface area contributed by atoms with Gasteiger partial charge in [-0.2, -0.15) is 0 Å². The summed E-state index contributed by atoms with van der Waals surface area (Å²) >= 11 is 0. The number of rotatable bonds is 1. The third-order valence-electron chi connectivity index (χ3n) is 3.36. The number of ether oxygens (including phenoxy) is 1. The highest BCUT2D eigenvalue weighted by Crippen LogP contribution is 2.34. The number of carbonyl (C=O) groups is 1. The number of methoxy groups -OCH3 is 1. The van der Waals surface area contributed by atoms with Crippen molar-refractivity contribution in [2.45, 2.75) is 0 Å². The summed E-state index contributed by atoms with van der Waals surface area (Å²) in [4.78, 5) is 12.0. The monoisotopic (exact) mass is 251 g/mol. The number of esters is 1. The van der Waals surface area contributed by atoms with E-state index in [9.17, 15) is 4.79 Å². The molecule has 0 aromatic heterocycles. The Morgan fingerprint density at radius 1 is 0.895 bits per heavy atom. The molecule has 19 heavy (non-hydrogen) atoms. The highest BCUT2D eigenvalue weighted by Gasteiger charge is 2.17. The second kappa shape index (κ2) is 4.28. The molecule has 3 aromatic rings. The van der Waals surface area contributed by atoms with E-state index in [0.717, 1.165) is 21.5 Å². The molecule has 0 saturated carbocycles. The summed E-state index contributed by atoms with van der Waals surface area (Å²) in [5, 5.41) is 3.75. The molecule has 3 rings (SSSR count). The Balaban J connectivity index is 2.59. The molecule has 0 fully saturated rings. The zero-order valence-electron chi connectivity index (χ0n) is 10.5. The Kier molecular flexibility index (Phi) is 2.60. The lowest BCUT2D eigenvalue weighted by atomic mass is 9.95. The maximum atomic E-state index is 12.0. The van der Waals surface area contributed by atoms with E-state index in [0.29, 0.717) is 11.3 Å². The number of hydrogen-bond donors (Lipinski definition) is 1. The summed E-state index contributed by atoms with van der Waals surface area (Å²) < 4.78 is 4.86. The van der Waals surface area contributed by atoms with Gasteiger partial charge in [-0.15, -0.1) is 0 Å². The maximum Gasteiger partial charge on any atom is 0.340 e. The number of nitrogen functional groups attached to an aromatic ring is 1. The molecule has 0 bridgehead atoms. The zero-order valence-corrected chi connectivity index (χ0v) is 10.5. The third-order valence-corrected chi connectivity index (χ3v) is 3.36. The zero-order chi connectivity index (χ0) is 13.4. The summed E-state index contributed by atoms with van der Waals surface area (Å²) in [6, 6.07) is 15.5. The average molecular weight is 251 g/mol. The van der Waals surface area contributed by atoms with Crippen molar-refractivity contribution in [1.29, 1.82) is 0 Å². The molecule has 0 aliphatic heterocycles. The van der Waals surface area contributed by atoms with E-state index in [1.165, 1.54) is 7.11 Å². The predicted molar refractivity (Wildman–Crippen MR) is 77.2 cm³/mol. The van der Waals surface area contributed by atoms with Crippen molar-refractivity contribution in [1.82, 2.24) is 0 Å². The normalized spacial score (nSPS) is 10.8. The highest BCUT2D eigenvalue weighted by molar-refractivity contribution is 6.22. The molecule has 3 aromatic carbocycles. The van der Waals surface area contributed by atoms with E-state index in [1.54, 1.807) is 0 Å². The molecule has 0 spiro atoms. The van der Waals surface area contributed by atoms with Crippen LogP contribution in [0.2, 0.25) is 0 Å². The van der Waals surface area contributed by atoms with Crippen LogP contribution in [0.15, 0.2) is 48.5 Å². The number of fused-ring (bicyclic) bond motifs is 3. The first-order chi connectivity index (χ1) is 9.24. The molecular weight excluding hydrogens is 238 g/mol. The van der Waals surface area contributed by atoms with E-state index < -0.39 is 5.97 Å². The van der Waals surface area contributed by atoms with E-state index in [4.69, 9.17) is 10.5 Å². The van der Waals surface area contributed by atoms with Crippen LogP contribution < -0.4 is 5.73 Å². The molecule has 0 aliphatic rings. The molecule has 0 radical (unpaired) electrons. The summed E-state index contributed by atoms with van der Waals surface area (Å²) in [6.07, 6.45) is 0. The minimum atomic E-state index is -0.403. The largest absolute Gasteiger partial charge is 0.465 e. The number of hydrogen-bond acceptors (Lipinski definition) is 3. The smallest absolute Gasteiger partial charge is 0.340 e. The molecular formula is C16H13NO2. The number of carbonyl (C=O) groups excluding carboxylic acids is 1. The van der Waals surface area contributed by atoms with Gasteiger partial charge in [-0.25, -0.2) is 4.79 Å². The molecule has 0 atom stereocenters. The first-order valence-corrected chi connectivity index (χ1v) is 6.01. The van der Waals surface area contributed by atoms with E-state index >= 15 is 0 Å². The van der Waals surface area contributed by atoms with Crippen molar-refractivity contribution in [3.63, 3.8) is 0 Å². The predicted octanol–water partition coefficient (Wildman–Crippen LogP) is 3.36. The lowest BCUT2D eigenvalue weighted by Crippen LogP contribution is -2.07. The first-order valence-electron chi connectivity index (χ1n) is 6.01. The van der Waals surface area contributed by atoms with Gasteiger partial charge >= 0.3 is 5.97 Å². The van der Waals surface area contributed by atoms with Gasteiger partial charge in [-0.1, -0.05) is 48.5 Å². The lowest BCUT2D eigenvalue weighted by Gasteiger charge is -2.12. The SMILES string of the molecule is COC(=O)c1c(N)c2ccccc2c2ccccc12. The standard InChI is InChI=1S/C16H13NO2/c1-19-16(18)14-12-8-4-2-6-10(12)11-7-3-5-9-13(11)15(14)17/h2-9H,17H2,1H3. The molecule has 0 amide bonds. The Bertz CT molecular complexity index is 793. The second-order valence-electron chi connectivity index (χ2n) is 4.37. The fourth-order valence-electron chi connectivity index (χ4n) is 2.49. The molecule has 0 heterocycles. The van der Waals surface area contributed by atoms with Crippen molar-refractivity contribution in [2.24, 2.45) is 0 Å². The van der Waals surface area contributed by atoms with Gasteiger partial charge in [0.15, 0.2) is 0 Å². The van der Waals surface area contributed by atoms with Gasteiger partial charge in [0.25, 0.3) is 0 Å². The molecule has 0 saturated heterocycles. The van der Waals surface area contributed by atoms with Crippen LogP contribution in [0.5, 0.6) is 0 Å². The Labute approximate surface area is 110 Å². The molecule has 0 aliphatic carbocycles. The van der Waals surface area contributed by atoms with Gasteiger partial charge in [-0.05, 0) is 16.2 Å². The minimum Gasteiger partial charge on any atom is -0.465 e. The van der Waals surface area contributed by atoms with Crippen LogP contribution in [-0.4, -0.2) is 13.1 Å². The van der Waals surface area contributed by atoms with Crippen LogP contribution in [0.4, 0.5) is 5.69 Å². The van der Waals surface area contributed by atoms with Crippen molar-refractivity contribution < 1.29 is 9.53 Å². The Morgan fingerprint density at radius 2 is 1.37 bits per heavy atom. The number of nitrogens with two attached hydrogens (primary N) is 1. The van der Waals surface area contributed by atoms with Crippen molar-refractivity contribution >= 4 is 33.2 Å². The quantitative estimate of drug-likeness (QED) is 0.410. The molecule has 94 valence electrons. The van der Waals surface area contributed by atoms with E-state index in [1.807, 2.05) is 48.5 Å². The average Bonchev–Trinajstić information content (AvgIpc) is 2.47. The molecule has 3 nitrogen and oxygen atoms in total. The highest BCUT2D eigenvalue weighted by atomic mass is 16.5. The maximum absolute atomic E-state index is 12.0. The van der Waals surface area contributed by atoms with Crippen LogP contribution >= 0.6 is 0 Å². The number of anilines is 1. The van der Waals surface area contributed by atoms with Crippen molar-refractivity contribution in [3.05, 3.63) is 54.1 Å². The summed E-state index contributed by atoms with van der Waals surface area (Å²) in [7, 11) is 1.37. The van der Waals surface area contributed by atoms with Crippen LogP contribution in [-0.2, 0) is 4.74 Å². The molecule has 0 unspecified atom stereocenters. The first kappa shape index (κ1) is 11.5. The third kappa shape index (κ3) is 1.63. The Morgan fingerprint density at radius 3 is 1.95 bits per heavy atom. The molecule has 2 N–H and O–H groups in total. The number of benzene rings is 3. The van der Waals surface area contributed by atoms with Crippen LogP contribution in [0.3, 0.4) is 0 Å². The summed E-state index contributed by atoms with van der Waals surface area (Å²) in [5.41, 5.74) is 7.08. The lowest BCUT2D eigenvalue weighted by molar-refractivity contribution is 0.0604. The molecule has 3 heteroatoms. The van der Waals surface area contributed by atoms with Gasteiger partial charge in [0.1, 0.15) is 0 Å². The fourth-order valence-corrected chi connectivity index (χ4v) is 2.49. The van der Waals surface area contributed by atoms with Gasteiger partial charge in [0, 0.05) is 5.39 Å². The van der Waals surface area contributed by atoms with Gasteiger partial charge in [0.2, 0.25) is 0 Å². The van der Waals surface area contributed by atoms with Crippen LogP contribution in [0, 0.1) is 0 Å². The van der Waals surface area contributed by atoms with Crippen molar-refractivity contribution in [2.75, 3.05) is 12.8 Å². The van der Waals surface area contributed by atoms with E-state index in [2.05, 4.69) is 0 Å². The van der Waals surface area contributed by atoms with Crippen LogP contribution in [0.25, 0.3) is 21.5 Å². The summed E-state index contributed by atoms with van der Waals surface area (Å²) in [5.74, 6) is -0.403.